The lowest BCUT2D eigenvalue weighted by Crippen LogP contribution is -2.45. The number of rotatable bonds is 2. The first-order valence-corrected chi connectivity index (χ1v) is 9.49. The van der Waals surface area contributed by atoms with Crippen molar-refractivity contribution in [1.29, 1.82) is 0 Å². The monoisotopic (exact) mass is 383 g/mol. The lowest BCUT2D eigenvalue weighted by molar-refractivity contribution is -0.0197. The normalized spacial score (nSPS) is 26.6. The fourth-order valence-corrected chi connectivity index (χ4v) is 5.12. The highest BCUT2D eigenvalue weighted by Gasteiger charge is 2.46. The molecule has 0 fully saturated rings. The highest BCUT2D eigenvalue weighted by Crippen LogP contribution is 2.54. The highest BCUT2D eigenvalue weighted by atomic mass is 16.7. The molecule has 3 heterocycles. The summed E-state index contributed by atoms with van der Waals surface area (Å²) >= 11 is 0. The molecule has 146 valence electrons. The summed E-state index contributed by atoms with van der Waals surface area (Å²) in [6, 6.07) is 8.10. The van der Waals surface area contributed by atoms with Crippen LogP contribution in [0.5, 0.6) is 23.0 Å². The molecular weight excluding hydrogens is 362 g/mol. The smallest absolute Gasteiger partial charge is 0.231 e. The van der Waals surface area contributed by atoms with Gasteiger partial charge in [0.15, 0.2) is 23.0 Å². The third kappa shape index (κ3) is 2.21. The van der Waals surface area contributed by atoms with E-state index in [1.807, 2.05) is 12.1 Å². The van der Waals surface area contributed by atoms with Gasteiger partial charge in [-0.3, -0.25) is 4.90 Å². The summed E-state index contributed by atoms with van der Waals surface area (Å²) in [5, 5.41) is 11.2. The molecule has 3 aliphatic heterocycles. The van der Waals surface area contributed by atoms with Crippen LogP contribution in [0.25, 0.3) is 0 Å². The Balaban J connectivity index is 1.53. The molecule has 4 aliphatic rings. The van der Waals surface area contributed by atoms with Crippen LogP contribution in [0.4, 0.5) is 0 Å². The van der Waals surface area contributed by atoms with Crippen LogP contribution < -0.4 is 18.9 Å². The quantitative estimate of drug-likeness (QED) is 0.853. The average Bonchev–Trinajstić information content (AvgIpc) is 3.35. The second-order valence-electron chi connectivity index (χ2n) is 7.68. The minimum atomic E-state index is -0.517. The maximum absolute atomic E-state index is 11.2. The van der Waals surface area contributed by atoms with Gasteiger partial charge in [0.25, 0.3) is 0 Å². The van der Waals surface area contributed by atoms with Crippen molar-refractivity contribution in [2.75, 3.05) is 27.4 Å². The summed E-state index contributed by atoms with van der Waals surface area (Å²) in [6.07, 6.45) is 0.0543. The first-order valence-electron chi connectivity index (χ1n) is 9.49. The Hall–Kier alpha value is -2.48. The molecule has 7 heteroatoms. The fourth-order valence-electron chi connectivity index (χ4n) is 5.12. The van der Waals surface area contributed by atoms with Crippen molar-refractivity contribution in [1.82, 2.24) is 4.90 Å². The molecule has 0 saturated heterocycles. The Kier molecular flexibility index (Phi) is 3.53. The number of aliphatic hydroxyl groups is 1. The third-order valence-corrected chi connectivity index (χ3v) is 6.22. The molecule has 0 unspecified atom stereocenters. The molecule has 1 aliphatic carbocycles. The van der Waals surface area contributed by atoms with Gasteiger partial charge in [-0.05, 0) is 41.3 Å². The van der Waals surface area contributed by atoms with E-state index < -0.39 is 6.10 Å². The molecule has 0 spiro atoms. The number of benzene rings is 2. The average molecular weight is 383 g/mol. The maximum atomic E-state index is 11.2. The highest BCUT2D eigenvalue weighted by molar-refractivity contribution is 5.58. The fraction of sp³-hybridized carbons (Fsp3) is 0.429. The summed E-state index contributed by atoms with van der Waals surface area (Å²) in [5.74, 6) is 3.00. The Labute approximate surface area is 162 Å². The topological polar surface area (TPSA) is 69.6 Å². The van der Waals surface area contributed by atoms with Crippen LogP contribution >= 0.6 is 0 Å². The molecule has 28 heavy (non-hydrogen) atoms. The summed E-state index contributed by atoms with van der Waals surface area (Å²) < 4.78 is 28.0. The largest absolute Gasteiger partial charge is 0.454 e. The lowest BCUT2D eigenvalue weighted by atomic mass is 9.70. The van der Waals surface area contributed by atoms with Gasteiger partial charge in [-0.15, -0.1) is 0 Å². The van der Waals surface area contributed by atoms with E-state index >= 15 is 0 Å². The zero-order chi connectivity index (χ0) is 18.8. The zero-order valence-electron chi connectivity index (χ0n) is 15.5. The van der Waals surface area contributed by atoms with Crippen molar-refractivity contribution in [2.45, 2.75) is 31.0 Å². The molecule has 3 atom stereocenters. The second kappa shape index (κ2) is 6.01. The number of aliphatic hydroxyl groups excluding tert-OH is 1. The number of nitrogens with zero attached hydrogens (tertiary/aromatic N) is 1. The van der Waals surface area contributed by atoms with E-state index in [9.17, 15) is 5.11 Å². The Morgan fingerprint density at radius 2 is 1.82 bits per heavy atom. The molecule has 1 N–H and O–H groups in total. The molecule has 2 aromatic carbocycles. The number of methoxy groups -OCH3 is 1. The molecule has 0 aromatic heterocycles. The number of hydrogen-bond acceptors (Lipinski definition) is 7. The van der Waals surface area contributed by atoms with Crippen LogP contribution in [0.3, 0.4) is 0 Å². The van der Waals surface area contributed by atoms with E-state index in [2.05, 4.69) is 17.0 Å². The van der Waals surface area contributed by atoms with E-state index in [1.165, 1.54) is 5.56 Å². The third-order valence-electron chi connectivity index (χ3n) is 6.22. The zero-order valence-corrected chi connectivity index (χ0v) is 15.5. The predicted octanol–water partition coefficient (Wildman–Crippen LogP) is 2.31. The molecule has 0 amide bonds. The minimum Gasteiger partial charge on any atom is -0.454 e. The number of hydrogen-bond donors (Lipinski definition) is 1. The van der Waals surface area contributed by atoms with Crippen molar-refractivity contribution in [3.05, 3.63) is 46.5 Å². The van der Waals surface area contributed by atoms with Gasteiger partial charge >= 0.3 is 0 Å². The summed E-state index contributed by atoms with van der Waals surface area (Å²) in [6.45, 7) is 1.59. The van der Waals surface area contributed by atoms with Crippen molar-refractivity contribution < 1.29 is 28.8 Å². The first kappa shape index (κ1) is 16.5. The van der Waals surface area contributed by atoms with Gasteiger partial charge in [0, 0.05) is 31.2 Å². The molecule has 0 bridgehead atoms. The molecular formula is C21H21NO6. The van der Waals surface area contributed by atoms with E-state index in [0.717, 1.165) is 39.7 Å². The number of fused-ring (bicyclic) bond motifs is 8. The van der Waals surface area contributed by atoms with Gasteiger partial charge in [0.05, 0.1) is 12.8 Å². The predicted molar refractivity (Wildman–Crippen MR) is 97.7 cm³/mol. The van der Waals surface area contributed by atoms with Crippen LogP contribution in [0.1, 0.15) is 34.2 Å². The van der Waals surface area contributed by atoms with Crippen LogP contribution in [0, 0.1) is 0 Å². The summed E-state index contributed by atoms with van der Waals surface area (Å²) in [5.41, 5.74) is 4.47. The van der Waals surface area contributed by atoms with E-state index in [-0.39, 0.29) is 25.5 Å². The Morgan fingerprint density at radius 1 is 1.04 bits per heavy atom. The van der Waals surface area contributed by atoms with Gasteiger partial charge in [-0.1, -0.05) is 6.07 Å². The Morgan fingerprint density at radius 3 is 2.68 bits per heavy atom. The van der Waals surface area contributed by atoms with Crippen LogP contribution in [-0.4, -0.2) is 43.5 Å². The lowest BCUT2D eigenvalue weighted by Gasteiger charge is -2.47. The second-order valence-corrected chi connectivity index (χ2v) is 7.68. The molecule has 0 radical (unpaired) electrons. The van der Waals surface area contributed by atoms with Gasteiger partial charge in [-0.2, -0.15) is 0 Å². The molecule has 6 rings (SSSR count). The standard InChI is InChI=1S/C21H21NO6/c1-24-8-22-7-14-12(2-3-16-21(14)28-10-25-16)19-15(23)4-11-5-17-18(27-9-26-17)6-13(11)20(19)22/h2-3,5-6,15,19-20,23H,4,7-10H2,1H3/t15-,19-,20+/m0/s1. The van der Waals surface area contributed by atoms with Crippen molar-refractivity contribution in [3.63, 3.8) is 0 Å². The van der Waals surface area contributed by atoms with Crippen molar-refractivity contribution >= 4 is 0 Å². The number of ether oxygens (including phenoxy) is 5. The van der Waals surface area contributed by atoms with Crippen LogP contribution in [0.15, 0.2) is 24.3 Å². The molecule has 0 saturated carbocycles. The van der Waals surface area contributed by atoms with Crippen LogP contribution in [-0.2, 0) is 17.7 Å². The van der Waals surface area contributed by atoms with E-state index in [0.29, 0.717) is 19.7 Å². The summed E-state index contributed by atoms with van der Waals surface area (Å²) in [4.78, 5) is 2.25. The van der Waals surface area contributed by atoms with E-state index in [1.54, 1.807) is 7.11 Å². The van der Waals surface area contributed by atoms with Gasteiger partial charge in [0.1, 0.15) is 0 Å². The van der Waals surface area contributed by atoms with Crippen LogP contribution in [0.2, 0.25) is 0 Å². The van der Waals surface area contributed by atoms with E-state index in [4.69, 9.17) is 23.7 Å². The maximum Gasteiger partial charge on any atom is 0.231 e. The molecule has 7 nitrogen and oxygen atoms in total. The van der Waals surface area contributed by atoms with Gasteiger partial charge in [-0.25, -0.2) is 0 Å². The minimum absolute atomic E-state index is 0.0129. The first-order chi connectivity index (χ1) is 13.7. The van der Waals surface area contributed by atoms with Gasteiger partial charge in [0.2, 0.25) is 13.6 Å². The van der Waals surface area contributed by atoms with Gasteiger partial charge < -0.3 is 28.8 Å². The van der Waals surface area contributed by atoms with Crippen molar-refractivity contribution in [3.8, 4) is 23.0 Å². The molecule has 2 aromatic rings. The SMILES string of the molecule is COCN1Cc2c(ccc3c2OCO3)[C@@H]2[C@H]1c1cc3c(cc1C[C@@H]2O)OCO3. The summed E-state index contributed by atoms with van der Waals surface area (Å²) in [7, 11) is 1.69. The Bertz CT molecular complexity index is 960. The van der Waals surface area contributed by atoms with Crippen molar-refractivity contribution in [2.24, 2.45) is 0 Å².